The van der Waals surface area contributed by atoms with Crippen LogP contribution in [0.15, 0.2) is 0 Å². The normalized spacial score (nSPS) is 54.9. The molecule has 0 aromatic heterocycles. The fourth-order valence-electron chi connectivity index (χ4n) is 8.48. The summed E-state index contributed by atoms with van der Waals surface area (Å²) < 4.78 is 0. The number of rotatable bonds is 4. The van der Waals surface area contributed by atoms with Crippen LogP contribution in [0.2, 0.25) is 0 Å². The Morgan fingerprint density at radius 1 is 0.926 bits per heavy atom. The minimum Gasteiger partial charge on any atom is -0.393 e. The molecule has 0 heterocycles. The Kier molecular flexibility index (Phi) is 5.22. The number of hydrogen-bond donors (Lipinski definition) is 3. The molecule has 0 aromatic rings. The summed E-state index contributed by atoms with van der Waals surface area (Å²) in [6, 6.07) is 0. The second kappa shape index (κ2) is 6.99. The predicted octanol–water partition coefficient (Wildman–Crippen LogP) is 4.67. The number of aliphatic hydroxyl groups excluding tert-OH is 2. The van der Waals surface area contributed by atoms with E-state index in [2.05, 4.69) is 20.8 Å². The van der Waals surface area contributed by atoms with E-state index in [0.717, 1.165) is 25.2 Å². The van der Waals surface area contributed by atoms with Gasteiger partial charge in [-0.2, -0.15) is 0 Å². The van der Waals surface area contributed by atoms with Crippen LogP contribution in [0, 0.1) is 34.5 Å². The van der Waals surface area contributed by atoms with Gasteiger partial charge >= 0.3 is 0 Å². The lowest BCUT2D eigenvalue weighted by Gasteiger charge is -2.65. The number of fused-ring (bicyclic) bond motifs is 5. The van der Waals surface area contributed by atoms with E-state index in [1.165, 1.54) is 51.4 Å². The average molecular weight is 379 g/mol. The first-order valence-electron chi connectivity index (χ1n) is 11.8. The summed E-state index contributed by atoms with van der Waals surface area (Å²) in [6.45, 7) is 7.07. The first kappa shape index (κ1) is 20.2. The minimum absolute atomic E-state index is 0.240. The van der Waals surface area contributed by atoms with Gasteiger partial charge in [0.05, 0.1) is 17.8 Å². The van der Waals surface area contributed by atoms with E-state index < -0.39 is 17.8 Å². The van der Waals surface area contributed by atoms with Gasteiger partial charge in [0.25, 0.3) is 0 Å². The Hall–Kier alpha value is -0.120. The van der Waals surface area contributed by atoms with Crippen molar-refractivity contribution in [3.8, 4) is 0 Å². The van der Waals surface area contributed by atoms with Crippen molar-refractivity contribution in [1.29, 1.82) is 0 Å². The first-order valence-corrected chi connectivity index (χ1v) is 11.8. The van der Waals surface area contributed by atoms with E-state index in [0.29, 0.717) is 29.6 Å². The number of hydrogen-bond acceptors (Lipinski definition) is 3. The largest absolute Gasteiger partial charge is 0.393 e. The summed E-state index contributed by atoms with van der Waals surface area (Å²) >= 11 is 0. The molecule has 4 saturated carbocycles. The zero-order valence-corrected chi connectivity index (χ0v) is 17.8. The summed E-state index contributed by atoms with van der Waals surface area (Å²) in [5, 5.41) is 32.8. The van der Waals surface area contributed by atoms with Crippen LogP contribution >= 0.6 is 0 Å². The smallest absolute Gasteiger partial charge is 0.0985 e. The highest BCUT2D eigenvalue weighted by atomic mass is 16.3. The Balaban J connectivity index is 1.58. The highest BCUT2D eigenvalue weighted by Crippen LogP contribution is 2.68. The molecule has 0 amide bonds. The molecule has 0 spiro atoms. The lowest BCUT2D eigenvalue weighted by atomic mass is 9.42. The van der Waals surface area contributed by atoms with E-state index >= 15 is 0 Å². The van der Waals surface area contributed by atoms with E-state index in [4.69, 9.17) is 0 Å². The number of unbranched alkanes of at least 4 members (excludes halogenated alkanes) is 2. The zero-order chi connectivity index (χ0) is 19.4. The molecule has 3 nitrogen and oxygen atoms in total. The molecule has 156 valence electrons. The molecule has 0 aromatic carbocycles. The van der Waals surface area contributed by atoms with Crippen molar-refractivity contribution in [3.63, 3.8) is 0 Å². The molecule has 3 heteroatoms. The molecule has 4 aliphatic carbocycles. The summed E-state index contributed by atoms with van der Waals surface area (Å²) in [5.74, 6) is 2.63. The fourth-order valence-corrected chi connectivity index (χ4v) is 8.48. The molecular formula is C24H42O3. The van der Waals surface area contributed by atoms with Crippen LogP contribution in [-0.4, -0.2) is 33.1 Å². The van der Waals surface area contributed by atoms with Crippen LogP contribution in [0.25, 0.3) is 0 Å². The van der Waals surface area contributed by atoms with Crippen molar-refractivity contribution < 1.29 is 15.3 Å². The second-order valence-corrected chi connectivity index (χ2v) is 11.2. The van der Waals surface area contributed by atoms with Gasteiger partial charge in [0.15, 0.2) is 0 Å². The molecule has 0 aliphatic heterocycles. The minimum atomic E-state index is -1.10. The monoisotopic (exact) mass is 378 g/mol. The SMILES string of the molecule is CCCCCC1CCC2C3C[C@@H](O)[C@@]4(O)C[C@@H](O)CC[C@]4(C)C3CC[C@]12C. The van der Waals surface area contributed by atoms with Crippen molar-refractivity contribution in [3.05, 3.63) is 0 Å². The summed E-state index contributed by atoms with van der Waals surface area (Å²) in [4.78, 5) is 0. The maximum Gasteiger partial charge on any atom is 0.0985 e. The Bertz CT molecular complexity index is 550. The van der Waals surface area contributed by atoms with Gasteiger partial charge in [-0.05, 0) is 80.5 Å². The topological polar surface area (TPSA) is 60.7 Å². The molecule has 4 rings (SSSR count). The average Bonchev–Trinajstić information content (AvgIpc) is 2.95. The molecule has 27 heavy (non-hydrogen) atoms. The molecule has 0 saturated heterocycles. The maximum absolute atomic E-state index is 11.5. The highest BCUT2D eigenvalue weighted by Gasteiger charge is 2.67. The molecule has 3 N–H and O–H groups in total. The van der Waals surface area contributed by atoms with Crippen molar-refractivity contribution in [1.82, 2.24) is 0 Å². The third-order valence-electron chi connectivity index (χ3n) is 10.2. The zero-order valence-electron chi connectivity index (χ0n) is 17.8. The van der Waals surface area contributed by atoms with Gasteiger partial charge in [-0.1, -0.05) is 40.0 Å². The molecule has 0 bridgehead atoms. The van der Waals surface area contributed by atoms with Crippen molar-refractivity contribution in [2.75, 3.05) is 0 Å². The summed E-state index contributed by atoms with van der Waals surface area (Å²) in [6.07, 6.45) is 12.2. The molecule has 4 fully saturated rings. The quantitative estimate of drug-likeness (QED) is 0.623. The van der Waals surface area contributed by atoms with Crippen LogP contribution in [0.3, 0.4) is 0 Å². The van der Waals surface area contributed by atoms with Gasteiger partial charge in [-0.25, -0.2) is 0 Å². The standard InChI is InChI=1S/C24H42O3/c1-4-5-6-7-16-8-9-19-18-14-21(26)24(27)15-17(25)10-13-23(24,3)20(18)11-12-22(16,19)2/h16-21,25-27H,4-15H2,1-3H3/t16?,17-,18?,19?,20?,21+,22+,23+,24-/m0/s1. The van der Waals surface area contributed by atoms with Crippen LogP contribution in [-0.2, 0) is 0 Å². The van der Waals surface area contributed by atoms with Crippen LogP contribution < -0.4 is 0 Å². The third kappa shape index (κ3) is 2.86. The van der Waals surface area contributed by atoms with E-state index in [1.54, 1.807) is 0 Å². The molecule has 0 radical (unpaired) electrons. The maximum atomic E-state index is 11.5. The van der Waals surface area contributed by atoms with E-state index in [1.807, 2.05) is 0 Å². The van der Waals surface area contributed by atoms with Crippen LogP contribution in [0.1, 0.15) is 97.8 Å². The van der Waals surface area contributed by atoms with E-state index in [9.17, 15) is 15.3 Å². The van der Waals surface area contributed by atoms with Gasteiger partial charge in [0, 0.05) is 11.8 Å². The molecule has 4 unspecified atom stereocenters. The van der Waals surface area contributed by atoms with Crippen LogP contribution in [0.4, 0.5) is 0 Å². The van der Waals surface area contributed by atoms with Gasteiger partial charge in [0.2, 0.25) is 0 Å². The summed E-state index contributed by atoms with van der Waals surface area (Å²) in [5.41, 5.74) is -0.899. The highest BCUT2D eigenvalue weighted by molar-refractivity contribution is 5.16. The molecular weight excluding hydrogens is 336 g/mol. The van der Waals surface area contributed by atoms with Crippen LogP contribution in [0.5, 0.6) is 0 Å². The lowest BCUT2D eigenvalue weighted by Crippen LogP contribution is -2.68. The Morgan fingerprint density at radius 2 is 1.70 bits per heavy atom. The number of aliphatic hydroxyl groups is 3. The Morgan fingerprint density at radius 3 is 2.44 bits per heavy atom. The summed E-state index contributed by atoms with van der Waals surface area (Å²) in [7, 11) is 0. The second-order valence-electron chi connectivity index (χ2n) is 11.2. The molecule has 4 aliphatic rings. The fraction of sp³-hybridized carbons (Fsp3) is 1.00. The van der Waals surface area contributed by atoms with Gasteiger partial charge in [0.1, 0.15) is 0 Å². The third-order valence-corrected chi connectivity index (χ3v) is 10.2. The van der Waals surface area contributed by atoms with Gasteiger partial charge in [-0.3, -0.25) is 0 Å². The van der Waals surface area contributed by atoms with E-state index in [-0.39, 0.29) is 5.41 Å². The Labute approximate surface area is 165 Å². The first-order chi connectivity index (χ1) is 12.8. The van der Waals surface area contributed by atoms with Crippen molar-refractivity contribution in [2.45, 2.75) is 116 Å². The van der Waals surface area contributed by atoms with Gasteiger partial charge < -0.3 is 15.3 Å². The van der Waals surface area contributed by atoms with Gasteiger partial charge in [-0.15, -0.1) is 0 Å². The lowest BCUT2D eigenvalue weighted by molar-refractivity contribution is -0.264. The predicted molar refractivity (Wildman–Crippen MR) is 108 cm³/mol. The van der Waals surface area contributed by atoms with Crippen molar-refractivity contribution >= 4 is 0 Å². The molecule has 9 atom stereocenters. The van der Waals surface area contributed by atoms with Crippen molar-refractivity contribution in [2.24, 2.45) is 34.5 Å².